The molecule has 0 fully saturated rings. The van der Waals surface area contributed by atoms with Crippen molar-refractivity contribution in [2.24, 2.45) is 0 Å². The Morgan fingerprint density at radius 2 is 2.00 bits per heavy atom. The Labute approximate surface area is 105 Å². The third-order valence-corrected chi connectivity index (χ3v) is 2.51. The maximum atomic E-state index is 7.60. The van der Waals surface area contributed by atoms with Crippen molar-refractivity contribution < 1.29 is 18.3 Å². The zero-order valence-corrected chi connectivity index (χ0v) is 9.82. The second kappa shape index (κ2) is 5.06. The van der Waals surface area contributed by atoms with E-state index in [4.69, 9.17) is 18.3 Å². The van der Waals surface area contributed by atoms with Crippen LogP contribution in [0.15, 0.2) is 30.3 Å². The molecule has 0 saturated heterocycles. The zero-order valence-electron chi connectivity index (χ0n) is 12.8. The summed E-state index contributed by atoms with van der Waals surface area (Å²) in [4.78, 5) is 0. The summed E-state index contributed by atoms with van der Waals surface area (Å²) < 4.78 is 38.5. The van der Waals surface area contributed by atoms with E-state index in [1.807, 2.05) is 6.07 Å². The highest BCUT2D eigenvalue weighted by molar-refractivity contribution is 5.94. The Kier molecular flexibility index (Phi) is 2.49. The first kappa shape index (κ1) is 8.37. The molecule has 3 heteroatoms. The molecule has 0 spiro atoms. The normalized spacial score (nSPS) is 13.9. The van der Waals surface area contributed by atoms with Crippen LogP contribution in [-0.2, 0) is 4.74 Å². The van der Waals surface area contributed by atoms with Gasteiger partial charge in [0.05, 0.1) is 7.11 Å². The fourth-order valence-electron chi connectivity index (χ4n) is 1.75. The molecule has 0 aliphatic carbocycles. The fraction of sp³-hybridized carbons (Fsp3) is 0.286. The summed E-state index contributed by atoms with van der Waals surface area (Å²) >= 11 is 0. The summed E-state index contributed by atoms with van der Waals surface area (Å²) in [6, 6.07) is 8.69. The summed E-state index contributed by atoms with van der Waals surface area (Å²) in [5.41, 5.74) is 0.162. The van der Waals surface area contributed by atoms with Crippen molar-refractivity contribution in [1.82, 2.24) is 0 Å². The molecule has 0 radical (unpaired) electrons. The van der Waals surface area contributed by atoms with Crippen molar-refractivity contribution in [2.45, 2.75) is 6.85 Å². The summed E-state index contributed by atoms with van der Waals surface area (Å²) in [6.07, 6.45) is 0. The summed E-state index contributed by atoms with van der Waals surface area (Å²) in [6.45, 7) is -2.26. The van der Waals surface area contributed by atoms with E-state index in [1.165, 1.54) is 7.11 Å². The van der Waals surface area contributed by atoms with Gasteiger partial charge in [-0.2, -0.15) is 0 Å². The molecule has 0 aliphatic heterocycles. The Morgan fingerprint density at radius 1 is 1.12 bits per heavy atom. The number of hydrogen-bond acceptors (Lipinski definition) is 3. The molecule has 2 aromatic rings. The molecule has 2 rings (SSSR count). The van der Waals surface area contributed by atoms with Crippen molar-refractivity contribution in [3.05, 3.63) is 35.9 Å². The van der Waals surface area contributed by atoms with Gasteiger partial charge in [0.2, 0.25) is 0 Å². The molecule has 0 amide bonds. The molecular formula is C14H16O3. The first-order valence-electron chi connectivity index (χ1n) is 6.71. The monoisotopic (exact) mass is 235 g/mol. The highest BCUT2D eigenvalue weighted by Gasteiger charge is 2.08. The van der Waals surface area contributed by atoms with E-state index in [0.29, 0.717) is 16.9 Å². The Balaban J connectivity index is 2.70. The second-order valence-electron chi connectivity index (χ2n) is 3.55. The van der Waals surface area contributed by atoms with Gasteiger partial charge in [0.25, 0.3) is 0 Å². The Hall–Kier alpha value is -1.74. The van der Waals surface area contributed by atoms with E-state index in [0.717, 1.165) is 5.39 Å². The van der Waals surface area contributed by atoms with Crippen molar-refractivity contribution in [2.75, 3.05) is 21.0 Å². The lowest BCUT2D eigenvalue weighted by atomic mass is 10.1. The standard InChI is InChI=1S/C14H16O3/c1-10-7-8-11-12(14(10)17-9-15-2)5-4-6-13(11)16-3/h4-8H,9H2,1-3H3/i1D3. The van der Waals surface area contributed by atoms with E-state index in [9.17, 15) is 0 Å². The number of rotatable bonds is 4. The molecule has 0 atom stereocenters. The van der Waals surface area contributed by atoms with Gasteiger partial charge in [0.1, 0.15) is 11.5 Å². The number of benzene rings is 2. The van der Waals surface area contributed by atoms with Gasteiger partial charge in [0.15, 0.2) is 6.79 Å². The fourth-order valence-corrected chi connectivity index (χ4v) is 1.75. The van der Waals surface area contributed by atoms with E-state index in [2.05, 4.69) is 0 Å². The average Bonchev–Trinajstić information content (AvgIpc) is 2.42. The van der Waals surface area contributed by atoms with Crippen LogP contribution in [-0.4, -0.2) is 21.0 Å². The lowest BCUT2D eigenvalue weighted by Gasteiger charge is -2.13. The molecule has 0 saturated carbocycles. The van der Waals surface area contributed by atoms with Crippen LogP contribution in [0.2, 0.25) is 0 Å². The van der Waals surface area contributed by atoms with Crippen molar-refractivity contribution in [1.29, 1.82) is 0 Å². The minimum absolute atomic E-state index is 0.0145. The average molecular weight is 235 g/mol. The molecule has 17 heavy (non-hydrogen) atoms. The maximum absolute atomic E-state index is 7.60. The van der Waals surface area contributed by atoms with Gasteiger partial charge >= 0.3 is 0 Å². The lowest BCUT2D eigenvalue weighted by Crippen LogP contribution is -2.01. The van der Waals surface area contributed by atoms with Crippen LogP contribution in [0.5, 0.6) is 11.5 Å². The van der Waals surface area contributed by atoms with Crippen LogP contribution in [0, 0.1) is 6.85 Å². The summed E-state index contributed by atoms with van der Waals surface area (Å²) in [5, 5.41) is 1.49. The van der Waals surface area contributed by atoms with E-state index >= 15 is 0 Å². The molecule has 0 heterocycles. The Morgan fingerprint density at radius 3 is 2.71 bits per heavy atom. The largest absolute Gasteiger partial charge is 0.496 e. The Bertz CT molecular complexity index is 608. The maximum Gasteiger partial charge on any atom is 0.188 e. The molecule has 0 aromatic heterocycles. The zero-order chi connectivity index (χ0) is 14.8. The van der Waals surface area contributed by atoms with Gasteiger partial charge < -0.3 is 14.2 Å². The predicted molar refractivity (Wildman–Crippen MR) is 67.7 cm³/mol. The van der Waals surface area contributed by atoms with Crippen molar-refractivity contribution in [3.8, 4) is 11.5 Å². The van der Waals surface area contributed by atoms with Crippen molar-refractivity contribution in [3.63, 3.8) is 0 Å². The number of methoxy groups -OCH3 is 2. The topological polar surface area (TPSA) is 27.7 Å². The second-order valence-corrected chi connectivity index (χ2v) is 3.55. The van der Waals surface area contributed by atoms with Crippen LogP contribution in [0.25, 0.3) is 10.8 Å². The van der Waals surface area contributed by atoms with E-state index in [1.54, 1.807) is 31.4 Å². The summed E-state index contributed by atoms with van der Waals surface area (Å²) in [7, 11) is 3.06. The lowest BCUT2D eigenvalue weighted by molar-refractivity contribution is 0.0517. The van der Waals surface area contributed by atoms with Crippen molar-refractivity contribution >= 4 is 10.8 Å². The molecule has 90 valence electrons. The molecule has 3 nitrogen and oxygen atoms in total. The molecular weight excluding hydrogens is 216 g/mol. The van der Waals surface area contributed by atoms with Crippen LogP contribution >= 0.6 is 0 Å². The molecule has 0 bridgehead atoms. The molecule has 0 N–H and O–H groups in total. The quantitative estimate of drug-likeness (QED) is 0.762. The number of aryl methyl sites for hydroxylation is 1. The van der Waals surface area contributed by atoms with Crippen LogP contribution < -0.4 is 9.47 Å². The highest BCUT2D eigenvalue weighted by atomic mass is 16.7. The minimum Gasteiger partial charge on any atom is -0.496 e. The third kappa shape index (κ3) is 2.19. The molecule has 0 aliphatic rings. The predicted octanol–water partition coefficient (Wildman–Crippen LogP) is 3.14. The number of ether oxygens (including phenoxy) is 3. The van der Waals surface area contributed by atoms with Gasteiger partial charge in [-0.25, -0.2) is 0 Å². The smallest absolute Gasteiger partial charge is 0.188 e. The van der Waals surface area contributed by atoms with Gasteiger partial charge in [0, 0.05) is 22.0 Å². The molecule has 2 aromatic carbocycles. The van der Waals surface area contributed by atoms with Gasteiger partial charge in [-0.1, -0.05) is 24.3 Å². The van der Waals surface area contributed by atoms with E-state index in [-0.39, 0.29) is 12.4 Å². The highest BCUT2D eigenvalue weighted by Crippen LogP contribution is 2.34. The van der Waals surface area contributed by atoms with Gasteiger partial charge in [-0.05, 0) is 18.5 Å². The number of hydrogen-bond donors (Lipinski definition) is 0. The summed E-state index contributed by atoms with van der Waals surface area (Å²) in [5.74, 6) is 0.977. The van der Waals surface area contributed by atoms with Gasteiger partial charge in [-0.3, -0.25) is 0 Å². The minimum atomic E-state index is -2.25. The van der Waals surface area contributed by atoms with Crippen LogP contribution in [0.3, 0.4) is 0 Å². The first-order chi connectivity index (χ1) is 9.49. The van der Waals surface area contributed by atoms with Crippen LogP contribution in [0.1, 0.15) is 9.68 Å². The number of fused-ring (bicyclic) bond motifs is 1. The van der Waals surface area contributed by atoms with Crippen LogP contribution in [0.4, 0.5) is 0 Å². The third-order valence-electron chi connectivity index (χ3n) is 2.51. The van der Waals surface area contributed by atoms with E-state index < -0.39 is 6.85 Å². The molecule has 0 unspecified atom stereocenters. The first-order valence-corrected chi connectivity index (χ1v) is 5.21. The SMILES string of the molecule is [2H]C([2H])([2H])c1ccc2c(OC)cccc2c1OCOC. The van der Waals surface area contributed by atoms with Gasteiger partial charge in [-0.15, -0.1) is 0 Å².